The fraction of sp³-hybridized carbons (Fsp3) is 0.632. The molecular formula is C19H28N2O4S. The van der Waals surface area contributed by atoms with Gasteiger partial charge in [0.1, 0.15) is 5.75 Å². The van der Waals surface area contributed by atoms with Gasteiger partial charge < -0.3 is 9.64 Å². The van der Waals surface area contributed by atoms with E-state index in [1.807, 2.05) is 12.1 Å². The number of hydrogen-bond acceptors (Lipinski definition) is 4. The fourth-order valence-corrected chi connectivity index (χ4v) is 4.38. The van der Waals surface area contributed by atoms with E-state index in [1.54, 1.807) is 11.0 Å². The van der Waals surface area contributed by atoms with E-state index in [1.165, 1.54) is 10.6 Å². The number of benzene rings is 1. The number of piperidine rings is 1. The molecule has 1 atom stereocenters. The number of fused-ring (bicyclic) bond motifs is 1. The molecule has 1 aromatic rings. The summed E-state index contributed by atoms with van der Waals surface area (Å²) in [4.78, 5) is 14.6. The van der Waals surface area contributed by atoms with Gasteiger partial charge in [-0.25, -0.2) is 8.42 Å². The number of anilines is 1. The van der Waals surface area contributed by atoms with Crippen molar-refractivity contribution in [2.45, 2.75) is 51.6 Å². The minimum absolute atomic E-state index is 0.0226. The van der Waals surface area contributed by atoms with Gasteiger partial charge in [-0.1, -0.05) is 26.8 Å². The van der Waals surface area contributed by atoms with Crippen LogP contribution in [-0.4, -0.2) is 51.2 Å². The maximum absolute atomic E-state index is 12.8. The first-order valence-electron chi connectivity index (χ1n) is 9.15. The molecule has 26 heavy (non-hydrogen) atoms. The highest BCUT2D eigenvalue weighted by molar-refractivity contribution is 7.92. The summed E-state index contributed by atoms with van der Waals surface area (Å²) < 4.78 is 32.1. The predicted molar refractivity (Wildman–Crippen MR) is 102 cm³/mol. The lowest BCUT2D eigenvalue weighted by Gasteiger charge is -2.37. The van der Waals surface area contributed by atoms with E-state index in [9.17, 15) is 13.2 Å². The number of amides is 1. The van der Waals surface area contributed by atoms with Crippen LogP contribution in [0.2, 0.25) is 0 Å². The first kappa shape index (κ1) is 19.0. The quantitative estimate of drug-likeness (QED) is 0.791. The Morgan fingerprint density at radius 3 is 2.38 bits per heavy atom. The highest BCUT2D eigenvalue weighted by Gasteiger charge is 2.37. The number of rotatable bonds is 2. The van der Waals surface area contributed by atoms with Crippen molar-refractivity contribution in [3.63, 3.8) is 0 Å². The molecule has 1 aromatic carbocycles. The zero-order valence-electron chi connectivity index (χ0n) is 16.0. The van der Waals surface area contributed by atoms with Gasteiger partial charge in [-0.2, -0.15) is 0 Å². The molecule has 0 saturated carbocycles. The van der Waals surface area contributed by atoms with Crippen LogP contribution in [-0.2, 0) is 20.2 Å². The van der Waals surface area contributed by atoms with E-state index in [-0.39, 0.29) is 17.9 Å². The van der Waals surface area contributed by atoms with E-state index in [4.69, 9.17) is 4.74 Å². The molecule has 1 unspecified atom stereocenters. The van der Waals surface area contributed by atoms with Crippen LogP contribution >= 0.6 is 0 Å². The van der Waals surface area contributed by atoms with Crippen LogP contribution in [0.4, 0.5) is 5.69 Å². The maximum atomic E-state index is 12.8. The van der Waals surface area contributed by atoms with Crippen molar-refractivity contribution >= 4 is 21.6 Å². The molecule has 1 fully saturated rings. The molecule has 2 heterocycles. The van der Waals surface area contributed by atoms with Crippen LogP contribution < -0.4 is 9.04 Å². The lowest BCUT2D eigenvalue weighted by molar-refractivity contribution is -0.139. The summed E-state index contributed by atoms with van der Waals surface area (Å²) in [6, 6.07) is 5.58. The zero-order chi connectivity index (χ0) is 19.1. The van der Waals surface area contributed by atoms with Gasteiger partial charge in [0.25, 0.3) is 5.91 Å². The summed E-state index contributed by atoms with van der Waals surface area (Å²) in [5, 5.41) is 0. The lowest BCUT2D eigenvalue weighted by Crippen LogP contribution is -2.52. The van der Waals surface area contributed by atoms with Crippen LogP contribution in [0, 0.1) is 0 Å². The van der Waals surface area contributed by atoms with Crippen LogP contribution in [0.15, 0.2) is 18.2 Å². The van der Waals surface area contributed by atoms with Gasteiger partial charge in [-0.15, -0.1) is 0 Å². The third-order valence-corrected chi connectivity index (χ3v) is 6.18. The summed E-state index contributed by atoms with van der Waals surface area (Å²) in [5.74, 6) is 0.328. The molecule has 2 aliphatic heterocycles. The monoisotopic (exact) mass is 380 g/mol. The molecule has 2 aliphatic rings. The minimum atomic E-state index is -3.52. The molecule has 0 aliphatic carbocycles. The van der Waals surface area contributed by atoms with Gasteiger partial charge in [0.05, 0.1) is 18.5 Å². The Labute approximate surface area is 156 Å². The third-order valence-electron chi connectivity index (χ3n) is 5.04. The smallest absolute Gasteiger partial charge is 0.265 e. The van der Waals surface area contributed by atoms with Crippen molar-refractivity contribution in [3.05, 3.63) is 23.8 Å². The molecule has 0 bridgehead atoms. The molecule has 0 N–H and O–H groups in total. The fourth-order valence-electron chi connectivity index (χ4n) is 3.48. The molecular weight excluding hydrogens is 352 g/mol. The van der Waals surface area contributed by atoms with E-state index in [0.29, 0.717) is 24.5 Å². The molecule has 6 nitrogen and oxygen atoms in total. The van der Waals surface area contributed by atoms with Crippen molar-refractivity contribution in [1.82, 2.24) is 4.90 Å². The van der Waals surface area contributed by atoms with Crippen molar-refractivity contribution < 1.29 is 17.9 Å². The summed E-state index contributed by atoms with van der Waals surface area (Å²) in [6.45, 7) is 7.68. The molecule has 1 amide bonds. The number of carbonyl (C=O) groups is 1. The van der Waals surface area contributed by atoms with E-state index in [2.05, 4.69) is 20.8 Å². The Kier molecular flexibility index (Phi) is 4.94. The Balaban J connectivity index is 1.95. The first-order valence-corrected chi connectivity index (χ1v) is 11.0. The Morgan fingerprint density at radius 2 is 1.81 bits per heavy atom. The second-order valence-electron chi connectivity index (χ2n) is 8.22. The number of carbonyl (C=O) groups excluding carboxylic acids is 1. The lowest BCUT2D eigenvalue weighted by atomic mass is 9.86. The maximum Gasteiger partial charge on any atom is 0.265 e. The predicted octanol–water partition coefficient (Wildman–Crippen LogP) is 2.52. The van der Waals surface area contributed by atoms with Gasteiger partial charge in [0.2, 0.25) is 10.0 Å². The number of hydrogen-bond donors (Lipinski definition) is 0. The van der Waals surface area contributed by atoms with Gasteiger partial charge in [0.15, 0.2) is 6.10 Å². The summed E-state index contributed by atoms with van der Waals surface area (Å²) in [6.07, 6.45) is 3.48. The summed E-state index contributed by atoms with van der Waals surface area (Å²) in [5.41, 5.74) is 1.43. The number of nitrogens with zero attached hydrogens (tertiary/aromatic N) is 2. The number of sulfonamides is 1. The van der Waals surface area contributed by atoms with Crippen molar-refractivity contribution in [2.24, 2.45) is 0 Å². The van der Waals surface area contributed by atoms with Crippen molar-refractivity contribution in [1.29, 1.82) is 0 Å². The van der Waals surface area contributed by atoms with Gasteiger partial charge in [-0.05, 0) is 42.4 Å². The second kappa shape index (κ2) is 6.76. The summed E-state index contributed by atoms with van der Waals surface area (Å²) in [7, 11) is -3.52. The molecule has 1 saturated heterocycles. The zero-order valence-corrected chi connectivity index (χ0v) is 16.8. The van der Waals surface area contributed by atoms with Crippen LogP contribution in [0.25, 0.3) is 0 Å². The SMILES string of the molecule is CC(C)(C)c1ccc2c(c1)N(S(C)(=O)=O)CC(C(=O)N1CCCCC1)O2. The minimum Gasteiger partial charge on any atom is -0.476 e. The molecule has 0 radical (unpaired) electrons. The van der Waals surface area contributed by atoms with Crippen LogP contribution in [0.5, 0.6) is 5.75 Å². The van der Waals surface area contributed by atoms with Gasteiger partial charge in [-0.3, -0.25) is 9.10 Å². The van der Waals surface area contributed by atoms with E-state index < -0.39 is 16.1 Å². The van der Waals surface area contributed by atoms with Gasteiger partial charge in [0, 0.05) is 13.1 Å². The molecule has 144 valence electrons. The van der Waals surface area contributed by atoms with Crippen LogP contribution in [0.3, 0.4) is 0 Å². The van der Waals surface area contributed by atoms with Crippen molar-refractivity contribution in [2.75, 3.05) is 30.2 Å². The average molecular weight is 381 g/mol. The third kappa shape index (κ3) is 3.82. The highest BCUT2D eigenvalue weighted by atomic mass is 32.2. The topological polar surface area (TPSA) is 66.9 Å². The molecule has 3 rings (SSSR count). The highest BCUT2D eigenvalue weighted by Crippen LogP contribution is 2.38. The molecule has 7 heteroatoms. The first-order chi connectivity index (χ1) is 12.1. The number of likely N-dealkylation sites (tertiary alicyclic amines) is 1. The molecule has 0 aromatic heterocycles. The van der Waals surface area contributed by atoms with E-state index >= 15 is 0 Å². The average Bonchev–Trinajstić information content (AvgIpc) is 2.58. The second-order valence-corrected chi connectivity index (χ2v) is 10.1. The Hall–Kier alpha value is -1.76. The van der Waals surface area contributed by atoms with Crippen molar-refractivity contribution in [3.8, 4) is 5.75 Å². The van der Waals surface area contributed by atoms with Gasteiger partial charge >= 0.3 is 0 Å². The largest absolute Gasteiger partial charge is 0.476 e. The van der Waals surface area contributed by atoms with E-state index in [0.717, 1.165) is 24.8 Å². The standard InChI is InChI=1S/C19H28N2O4S/c1-19(2,3)14-8-9-16-15(12-14)21(26(4,23)24)13-17(25-16)18(22)20-10-6-5-7-11-20/h8-9,12,17H,5-7,10-11,13H2,1-4H3. The number of ether oxygens (including phenoxy) is 1. The molecule has 0 spiro atoms. The normalized spacial score (nSPS) is 21.2. The Bertz CT molecular complexity index is 792. The Morgan fingerprint density at radius 1 is 1.15 bits per heavy atom. The van der Waals surface area contributed by atoms with Crippen LogP contribution in [0.1, 0.15) is 45.6 Å². The summed E-state index contributed by atoms with van der Waals surface area (Å²) >= 11 is 0.